The summed E-state index contributed by atoms with van der Waals surface area (Å²) in [6, 6.07) is 6.17. The molecule has 2 fully saturated rings. The van der Waals surface area contributed by atoms with E-state index in [4.69, 9.17) is 54.1 Å². The summed E-state index contributed by atoms with van der Waals surface area (Å²) >= 11 is 17.5. The third-order valence-corrected chi connectivity index (χ3v) is 9.57. The van der Waals surface area contributed by atoms with E-state index in [9.17, 15) is 32.3 Å². The molecule has 326 valence electrons. The molecule has 0 bridgehead atoms. The number of hydrogen-bond acceptors (Lipinski definition) is 11. The Morgan fingerprint density at radius 1 is 0.678 bits per heavy atom. The van der Waals surface area contributed by atoms with Crippen molar-refractivity contribution in [1.82, 2.24) is 4.90 Å². The molecule has 1 aliphatic carbocycles. The largest absolute Gasteiger partial charge is 0.506 e. The third-order valence-electron chi connectivity index (χ3n) is 8.68. The predicted octanol–water partition coefficient (Wildman–Crippen LogP) is 10.3. The highest BCUT2D eigenvalue weighted by Crippen LogP contribution is 2.32. The van der Waals surface area contributed by atoms with E-state index in [2.05, 4.69) is 14.2 Å². The van der Waals surface area contributed by atoms with Gasteiger partial charge in [-0.3, -0.25) is 0 Å². The van der Waals surface area contributed by atoms with Crippen LogP contribution in [0.3, 0.4) is 0 Å². The SMILES string of the molecule is COC(=O)c1cc(Cl)c(O)cc1F.COC(=O)c1cc(Cl)c(OCC2CCCC2)cc1F.COC(=O)c1cc(Cl)c(OC[C@H]2CCCN2C(=O)OC(C)(C)C)cc1F.Cl. The Hall–Kier alpha value is -4.31. The highest BCUT2D eigenvalue weighted by Gasteiger charge is 2.33. The number of aromatic hydroxyl groups is 1. The standard InChI is InChI=1S/C18H23ClFNO5.C14H16ClFO3.C8H6ClFO3.ClH/c1-18(2,3)26-17(23)21-7-5-6-11(21)10-25-15-9-14(20)12(8-13(15)19)16(22)24-4;1-18-14(17)10-6-11(15)13(7-12(10)16)19-8-9-4-2-3-5-9;1-13-8(12)4-2-5(9)7(11)3-6(4)10;/h8-9,11H,5-7,10H2,1-4H3;6-7,9H,2-5,8H2,1H3;2-3,11H,1H3;1H/t11-;;;/m1.../s1. The maximum Gasteiger partial charge on any atom is 0.410 e. The molecule has 1 saturated carbocycles. The first-order chi connectivity index (χ1) is 27.3. The van der Waals surface area contributed by atoms with Gasteiger partial charge in [-0.05, 0) is 70.6 Å². The molecule has 59 heavy (non-hydrogen) atoms. The fraction of sp³-hybridized carbons (Fsp3) is 0.450. The summed E-state index contributed by atoms with van der Waals surface area (Å²) in [6.07, 6.45) is 5.90. The summed E-state index contributed by atoms with van der Waals surface area (Å²) < 4.78 is 70.5. The Balaban J connectivity index is 0.000000320. The third kappa shape index (κ3) is 15.0. The van der Waals surface area contributed by atoms with Gasteiger partial charge in [-0.25, -0.2) is 32.3 Å². The van der Waals surface area contributed by atoms with Crippen LogP contribution in [0.5, 0.6) is 17.2 Å². The number of benzene rings is 3. The summed E-state index contributed by atoms with van der Waals surface area (Å²) in [5.74, 6) is -4.25. The van der Waals surface area contributed by atoms with Crippen LogP contribution in [0, 0.1) is 23.4 Å². The van der Waals surface area contributed by atoms with E-state index < -0.39 is 52.8 Å². The minimum absolute atomic E-state index is 0. The fourth-order valence-electron chi connectivity index (χ4n) is 5.75. The number of likely N-dealkylation sites (tertiary alicyclic amines) is 1. The van der Waals surface area contributed by atoms with Crippen molar-refractivity contribution in [3.63, 3.8) is 0 Å². The molecule has 0 radical (unpaired) electrons. The van der Waals surface area contributed by atoms with Crippen LogP contribution < -0.4 is 9.47 Å². The second-order valence-corrected chi connectivity index (χ2v) is 15.2. The van der Waals surface area contributed by atoms with Crippen LogP contribution in [0.25, 0.3) is 0 Å². The monoisotopic (exact) mass is 913 g/mol. The number of carbonyl (C=O) groups excluding carboxylic acids is 4. The summed E-state index contributed by atoms with van der Waals surface area (Å²) in [5.41, 5.74) is -1.33. The van der Waals surface area contributed by atoms with Crippen LogP contribution in [0.4, 0.5) is 18.0 Å². The van der Waals surface area contributed by atoms with Gasteiger partial charge in [0.25, 0.3) is 0 Å². The molecule has 3 aromatic rings. The van der Waals surface area contributed by atoms with Gasteiger partial charge in [0.15, 0.2) is 0 Å². The molecule has 1 N–H and O–H groups in total. The lowest BCUT2D eigenvalue weighted by atomic mass is 10.1. The molecule has 19 heteroatoms. The maximum atomic E-state index is 14.0. The van der Waals surface area contributed by atoms with Crippen molar-refractivity contribution in [3.8, 4) is 17.2 Å². The lowest BCUT2D eigenvalue weighted by Crippen LogP contribution is -2.42. The zero-order chi connectivity index (χ0) is 43.3. The smallest absolute Gasteiger partial charge is 0.410 e. The van der Waals surface area contributed by atoms with Crippen LogP contribution in [0.2, 0.25) is 15.1 Å². The van der Waals surface area contributed by atoms with E-state index in [-0.39, 0.29) is 68.3 Å². The van der Waals surface area contributed by atoms with Crippen molar-refractivity contribution >= 4 is 71.2 Å². The minimum Gasteiger partial charge on any atom is -0.506 e. The van der Waals surface area contributed by atoms with Crippen molar-refractivity contribution in [3.05, 3.63) is 85.6 Å². The summed E-state index contributed by atoms with van der Waals surface area (Å²) in [5, 5.41) is 9.17. The van der Waals surface area contributed by atoms with E-state index in [0.717, 1.165) is 64.2 Å². The number of halogens is 7. The average molecular weight is 916 g/mol. The van der Waals surface area contributed by atoms with Crippen LogP contribution in [0.1, 0.15) is 90.4 Å². The van der Waals surface area contributed by atoms with E-state index in [1.807, 2.05) is 0 Å². The molecule has 0 spiro atoms. The summed E-state index contributed by atoms with van der Waals surface area (Å²) in [4.78, 5) is 47.6. The molecule has 12 nitrogen and oxygen atoms in total. The van der Waals surface area contributed by atoms with Crippen LogP contribution in [-0.2, 0) is 18.9 Å². The van der Waals surface area contributed by atoms with Crippen molar-refractivity contribution in [2.75, 3.05) is 41.1 Å². The molecule has 5 rings (SSSR count). The molecular formula is C40H46Cl4F3NO11. The van der Waals surface area contributed by atoms with Crippen LogP contribution in [-0.4, -0.2) is 86.7 Å². The molecule has 1 heterocycles. The molecule has 3 aromatic carbocycles. The number of amides is 1. The van der Waals surface area contributed by atoms with Crippen molar-refractivity contribution in [2.45, 2.75) is 70.9 Å². The molecule has 0 aromatic heterocycles. The second kappa shape index (κ2) is 23.5. The zero-order valence-electron chi connectivity index (χ0n) is 33.1. The molecule has 1 saturated heterocycles. The maximum absolute atomic E-state index is 14.0. The van der Waals surface area contributed by atoms with Gasteiger partial charge >= 0.3 is 24.0 Å². The molecular weight excluding hydrogens is 869 g/mol. The van der Waals surface area contributed by atoms with Gasteiger partial charge in [0.1, 0.15) is 46.9 Å². The van der Waals surface area contributed by atoms with Gasteiger partial charge in [0.05, 0.1) is 65.7 Å². The highest BCUT2D eigenvalue weighted by atomic mass is 35.5. The number of hydrogen-bond donors (Lipinski definition) is 1. The van der Waals surface area contributed by atoms with Crippen LogP contribution in [0.15, 0.2) is 36.4 Å². The Kier molecular flexibility index (Phi) is 20.2. The number of ether oxygens (including phenoxy) is 6. The van der Waals surface area contributed by atoms with Gasteiger partial charge in [-0.15, -0.1) is 12.4 Å². The first-order valence-electron chi connectivity index (χ1n) is 18.0. The minimum atomic E-state index is -0.867. The van der Waals surface area contributed by atoms with E-state index >= 15 is 0 Å². The summed E-state index contributed by atoms with van der Waals surface area (Å²) in [7, 11) is 3.48. The topological polar surface area (TPSA) is 147 Å². The summed E-state index contributed by atoms with van der Waals surface area (Å²) in [6.45, 7) is 6.67. The number of methoxy groups -OCH3 is 3. The highest BCUT2D eigenvalue weighted by molar-refractivity contribution is 6.33. The lowest BCUT2D eigenvalue weighted by Gasteiger charge is -2.28. The molecule has 1 amide bonds. The molecule has 0 unspecified atom stereocenters. The van der Waals surface area contributed by atoms with Gasteiger partial charge in [-0.1, -0.05) is 47.6 Å². The fourth-order valence-corrected chi connectivity index (χ4v) is 6.35. The first-order valence-corrected chi connectivity index (χ1v) is 19.1. The number of esters is 3. The van der Waals surface area contributed by atoms with Gasteiger partial charge in [0, 0.05) is 24.7 Å². The normalized spacial score (nSPS) is 14.7. The Bertz CT molecular complexity index is 1940. The predicted molar refractivity (Wildman–Crippen MR) is 216 cm³/mol. The lowest BCUT2D eigenvalue weighted by molar-refractivity contribution is 0.0186. The van der Waals surface area contributed by atoms with Crippen LogP contribution >= 0.6 is 47.2 Å². The number of nitrogens with zero attached hydrogens (tertiary/aromatic N) is 1. The molecule has 2 aliphatic rings. The molecule has 1 atom stereocenters. The number of carbonyl (C=O) groups is 4. The van der Waals surface area contributed by atoms with Crippen molar-refractivity contribution in [2.24, 2.45) is 5.92 Å². The average Bonchev–Trinajstić information content (AvgIpc) is 3.88. The van der Waals surface area contributed by atoms with E-state index in [1.165, 1.54) is 32.1 Å². The van der Waals surface area contributed by atoms with Gasteiger partial charge in [-0.2, -0.15) is 0 Å². The Morgan fingerprint density at radius 3 is 1.54 bits per heavy atom. The van der Waals surface area contributed by atoms with Gasteiger partial charge < -0.3 is 38.4 Å². The van der Waals surface area contributed by atoms with Crippen molar-refractivity contribution in [1.29, 1.82) is 0 Å². The first kappa shape index (κ1) is 50.8. The Morgan fingerprint density at radius 2 is 1.10 bits per heavy atom. The molecule has 1 aliphatic heterocycles. The number of rotatable bonds is 9. The van der Waals surface area contributed by atoms with Gasteiger partial charge in [0.2, 0.25) is 0 Å². The second-order valence-electron chi connectivity index (χ2n) is 14.0. The van der Waals surface area contributed by atoms with E-state index in [1.54, 1.807) is 25.7 Å². The quantitative estimate of drug-likeness (QED) is 0.162. The zero-order valence-corrected chi connectivity index (χ0v) is 36.2. The number of phenols is 1. The Labute approximate surface area is 361 Å². The number of phenolic OH excluding ortho intramolecular Hbond substituents is 1. The van der Waals surface area contributed by atoms with Crippen molar-refractivity contribution < 1.29 is 65.9 Å². The van der Waals surface area contributed by atoms with E-state index in [0.29, 0.717) is 19.1 Å².